The summed E-state index contributed by atoms with van der Waals surface area (Å²) in [4.78, 5) is 23.9. The van der Waals surface area contributed by atoms with Gasteiger partial charge in [0.25, 0.3) is 0 Å². The number of halogens is 1. The van der Waals surface area contributed by atoms with Gasteiger partial charge in [-0.1, -0.05) is 6.92 Å². The number of likely N-dealkylation sites (tertiary alicyclic amines) is 1. The summed E-state index contributed by atoms with van der Waals surface area (Å²) in [7, 11) is 0. The molecular weight excluding hydrogens is 190 g/mol. The topological polar surface area (TPSA) is 37.4 Å². The maximum Gasteiger partial charge on any atom is 0.227 e. The molecule has 0 radical (unpaired) electrons. The molecule has 0 aliphatic carbocycles. The summed E-state index contributed by atoms with van der Waals surface area (Å²) in [6, 6.07) is -0.210. The molecule has 0 spiro atoms. The van der Waals surface area contributed by atoms with Crippen LogP contribution in [0, 0.1) is 5.92 Å². The first-order valence-electron chi connectivity index (χ1n) is 4.52. The lowest BCUT2D eigenvalue weighted by atomic mass is 10.1. The molecule has 1 saturated heterocycles. The second kappa shape index (κ2) is 4.61. The number of aldehydes is 1. The van der Waals surface area contributed by atoms with Crippen molar-refractivity contribution in [2.45, 2.75) is 25.8 Å². The predicted octanol–water partition coefficient (Wildman–Crippen LogP) is 1.05. The minimum Gasteiger partial charge on any atom is -0.333 e. The average molecular weight is 204 g/mol. The Labute approximate surface area is 83.0 Å². The Kier molecular flexibility index (Phi) is 3.72. The Balaban J connectivity index is 2.59. The number of amides is 1. The summed E-state index contributed by atoms with van der Waals surface area (Å²) in [6.45, 7) is 2.49. The molecule has 0 aromatic heterocycles. The summed E-state index contributed by atoms with van der Waals surface area (Å²) in [6.07, 6.45) is 2.57. The second-order valence-electron chi connectivity index (χ2n) is 3.43. The Morgan fingerprint density at radius 3 is 3.00 bits per heavy atom. The first kappa shape index (κ1) is 10.5. The maximum absolute atomic E-state index is 11.6. The van der Waals surface area contributed by atoms with E-state index in [4.69, 9.17) is 11.6 Å². The fraction of sp³-hybridized carbons (Fsp3) is 0.778. The SMILES string of the molecule is CC(CCl)C(=O)N1CCCC1C=O. The van der Waals surface area contributed by atoms with Crippen molar-refractivity contribution in [2.75, 3.05) is 12.4 Å². The molecule has 1 amide bonds. The van der Waals surface area contributed by atoms with Gasteiger partial charge in [0.15, 0.2) is 0 Å². The van der Waals surface area contributed by atoms with E-state index in [9.17, 15) is 9.59 Å². The summed E-state index contributed by atoms with van der Waals surface area (Å²) in [5.74, 6) is 0.146. The minimum absolute atomic E-state index is 0.00426. The van der Waals surface area contributed by atoms with Crippen LogP contribution in [0.25, 0.3) is 0 Å². The smallest absolute Gasteiger partial charge is 0.227 e. The third-order valence-corrected chi connectivity index (χ3v) is 2.86. The first-order chi connectivity index (χ1) is 6.20. The van der Waals surface area contributed by atoms with E-state index < -0.39 is 0 Å². The van der Waals surface area contributed by atoms with Crippen LogP contribution in [0.1, 0.15) is 19.8 Å². The van der Waals surface area contributed by atoms with Crippen molar-refractivity contribution in [1.29, 1.82) is 0 Å². The fourth-order valence-corrected chi connectivity index (χ4v) is 1.69. The van der Waals surface area contributed by atoms with Gasteiger partial charge in [-0.25, -0.2) is 0 Å². The quantitative estimate of drug-likeness (QED) is 0.508. The van der Waals surface area contributed by atoms with Gasteiger partial charge in [0.1, 0.15) is 6.29 Å². The molecule has 3 nitrogen and oxygen atoms in total. The number of hydrogen-bond donors (Lipinski definition) is 0. The van der Waals surface area contributed by atoms with Gasteiger partial charge in [0.2, 0.25) is 5.91 Å². The standard InChI is InChI=1S/C9H14ClNO2/c1-7(5-10)9(13)11-4-2-3-8(11)6-12/h6-8H,2-5H2,1H3. The molecule has 1 aliphatic heterocycles. The van der Waals surface area contributed by atoms with Crippen molar-refractivity contribution in [3.05, 3.63) is 0 Å². The molecule has 0 aromatic carbocycles. The zero-order valence-corrected chi connectivity index (χ0v) is 8.46. The van der Waals surface area contributed by atoms with Gasteiger partial charge in [-0.15, -0.1) is 11.6 Å². The maximum atomic E-state index is 11.6. The van der Waals surface area contributed by atoms with Crippen LogP contribution in [0.4, 0.5) is 0 Å². The highest BCUT2D eigenvalue weighted by atomic mass is 35.5. The van der Waals surface area contributed by atoms with Crippen LogP contribution in [-0.2, 0) is 9.59 Å². The van der Waals surface area contributed by atoms with Crippen molar-refractivity contribution in [3.63, 3.8) is 0 Å². The number of hydrogen-bond acceptors (Lipinski definition) is 2. The van der Waals surface area contributed by atoms with Crippen molar-refractivity contribution < 1.29 is 9.59 Å². The van der Waals surface area contributed by atoms with Crippen LogP contribution < -0.4 is 0 Å². The Hall–Kier alpha value is -0.570. The number of carbonyl (C=O) groups excluding carboxylic acids is 2. The highest BCUT2D eigenvalue weighted by molar-refractivity contribution is 6.19. The number of rotatable bonds is 3. The van der Waals surface area contributed by atoms with E-state index in [1.807, 2.05) is 0 Å². The summed E-state index contributed by atoms with van der Waals surface area (Å²) >= 11 is 5.58. The van der Waals surface area contributed by atoms with Crippen LogP contribution in [0.15, 0.2) is 0 Å². The summed E-state index contributed by atoms with van der Waals surface area (Å²) < 4.78 is 0. The molecule has 1 heterocycles. The molecule has 13 heavy (non-hydrogen) atoms. The third kappa shape index (κ3) is 2.21. The lowest BCUT2D eigenvalue weighted by molar-refractivity contribution is -0.137. The van der Waals surface area contributed by atoms with Gasteiger partial charge in [-0.3, -0.25) is 4.79 Å². The fourth-order valence-electron chi connectivity index (χ4n) is 1.56. The normalized spacial score (nSPS) is 24.5. The van der Waals surface area contributed by atoms with E-state index in [1.165, 1.54) is 0 Å². The molecule has 4 heteroatoms. The van der Waals surface area contributed by atoms with Crippen molar-refractivity contribution in [1.82, 2.24) is 4.90 Å². The molecule has 0 N–H and O–H groups in total. The van der Waals surface area contributed by atoms with E-state index in [2.05, 4.69) is 0 Å². The number of carbonyl (C=O) groups is 2. The van der Waals surface area contributed by atoms with Crippen LogP contribution >= 0.6 is 11.6 Å². The van der Waals surface area contributed by atoms with Gasteiger partial charge in [-0.2, -0.15) is 0 Å². The van der Waals surface area contributed by atoms with Gasteiger partial charge in [0, 0.05) is 18.3 Å². The highest BCUT2D eigenvalue weighted by Gasteiger charge is 2.30. The molecule has 0 saturated carbocycles. The first-order valence-corrected chi connectivity index (χ1v) is 5.06. The number of nitrogens with zero attached hydrogens (tertiary/aromatic N) is 1. The van der Waals surface area contributed by atoms with Crippen LogP contribution in [0.5, 0.6) is 0 Å². The highest BCUT2D eigenvalue weighted by Crippen LogP contribution is 2.18. The zero-order valence-electron chi connectivity index (χ0n) is 7.70. The van der Waals surface area contributed by atoms with E-state index >= 15 is 0 Å². The Morgan fingerprint density at radius 1 is 1.77 bits per heavy atom. The lowest BCUT2D eigenvalue weighted by Crippen LogP contribution is -2.40. The van der Waals surface area contributed by atoms with Gasteiger partial charge < -0.3 is 9.69 Å². The van der Waals surface area contributed by atoms with Gasteiger partial charge >= 0.3 is 0 Å². The molecular formula is C9H14ClNO2. The van der Waals surface area contributed by atoms with Gasteiger partial charge in [0.05, 0.1) is 6.04 Å². The van der Waals surface area contributed by atoms with Crippen molar-refractivity contribution >= 4 is 23.8 Å². The van der Waals surface area contributed by atoms with Crippen molar-refractivity contribution in [3.8, 4) is 0 Å². The Morgan fingerprint density at radius 2 is 2.46 bits per heavy atom. The largest absolute Gasteiger partial charge is 0.333 e. The predicted molar refractivity (Wildman–Crippen MR) is 50.7 cm³/mol. The number of alkyl halides is 1. The zero-order chi connectivity index (χ0) is 9.84. The minimum atomic E-state index is -0.210. The van der Waals surface area contributed by atoms with E-state index in [0.717, 1.165) is 19.1 Å². The van der Waals surface area contributed by atoms with Crippen LogP contribution in [-0.4, -0.2) is 35.6 Å². The molecule has 1 rings (SSSR count). The lowest BCUT2D eigenvalue weighted by Gasteiger charge is -2.22. The molecule has 0 bridgehead atoms. The molecule has 1 aliphatic rings. The van der Waals surface area contributed by atoms with Gasteiger partial charge in [-0.05, 0) is 12.8 Å². The molecule has 0 aromatic rings. The van der Waals surface area contributed by atoms with Crippen LogP contribution in [0.2, 0.25) is 0 Å². The van der Waals surface area contributed by atoms with Crippen LogP contribution in [0.3, 0.4) is 0 Å². The van der Waals surface area contributed by atoms with E-state index in [0.29, 0.717) is 12.4 Å². The molecule has 1 fully saturated rings. The second-order valence-corrected chi connectivity index (χ2v) is 3.74. The Bertz CT molecular complexity index is 208. The monoisotopic (exact) mass is 203 g/mol. The molecule has 74 valence electrons. The summed E-state index contributed by atoms with van der Waals surface area (Å²) in [5.41, 5.74) is 0. The molecule has 2 atom stereocenters. The molecule has 2 unspecified atom stereocenters. The van der Waals surface area contributed by atoms with E-state index in [1.54, 1.807) is 11.8 Å². The summed E-state index contributed by atoms with van der Waals surface area (Å²) in [5, 5.41) is 0. The third-order valence-electron chi connectivity index (χ3n) is 2.39. The van der Waals surface area contributed by atoms with E-state index in [-0.39, 0.29) is 17.9 Å². The van der Waals surface area contributed by atoms with Crippen molar-refractivity contribution in [2.24, 2.45) is 5.92 Å². The average Bonchev–Trinajstić information content (AvgIpc) is 2.62.